The van der Waals surface area contributed by atoms with Crippen molar-refractivity contribution in [3.63, 3.8) is 0 Å². The number of sulfonamides is 1. The quantitative estimate of drug-likeness (QED) is 0.463. The van der Waals surface area contributed by atoms with Crippen molar-refractivity contribution in [1.82, 2.24) is 9.62 Å². The van der Waals surface area contributed by atoms with Crippen LogP contribution in [-0.4, -0.2) is 45.6 Å². The molecule has 9 heteroatoms. The third kappa shape index (κ3) is 5.93. The van der Waals surface area contributed by atoms with Gasteiger partial charge in [-0.2, -0.15) is 4.31 Å². The summed E-state index contributed by atoms with van der Waals surface area (Å²) in [4.78, 5) is 12.9. The lowest BCUT2D eigenvalue weighted by atomic mass is 10.1. The summed E-state index contributed by atoms with van der Waals surface area (Å²) in [6.45, 7) is 2.03. The lowest BCUT2D eigenvalue weighted by Crippen LogP contribution is -2.41. The maximum Gasteiger partial charge on any atom is 0.247 e. The van der Waals surface area contributed by atoms with E-state index in [1.165, 1.54) is 11.4 Å². The monoisotopic (exact) mass is 496 g/mol. The molecule has 0 bridgehead atoms. The summed E-state index contributed by atoms with van der Waals surface area (Å²) in [5.74, 6) is 1.10. The van der Waals surface area contributed by atoms with Gasteiger partial charge in [-0.05, 0) is 54.3 Å². The van der Waals surface area contributed by atoms with E-state index in [2.05, 4.69) is 5.32 Å². The van der Waals surface area contributed by atoms with Crippen LogP contribution in [0.1, 0.15) is 16.7 Å². The molecule has 0 spiro atoms. The minimum atomic E-state index is -4.01. The second kappa shape index (κ2) is 10.8. The minimum absolute atomic E-state index is 0.0385. The third-order valence-corrected chi connectivity index (χ3v) is 7.54. The van der Waals surface area contributed by atoms with Gasteiger partial charge in [-0.1, -0.05) is 42.5 Å². The van der Waals surface area contributed by atoms with Crippen molar-refractivity contribution in [1.29, 1.82) is 0 Å². The number of hydrogen-bond donors (Lipinski definition) is 1. The number of nitrogens with one attached hydrogen (secondary N) is 1. The first kappa shape index (κ1) is 24.6. The van der Waals surface area contributed by atoms with E-state index in [1.54, 1.807) is 30.3 Å². The number of ether oxygens (including phenoxy) is 3. The highest BCUT2D eigenvalue weighted by Gasteiger charge is 2.29. The number of nitrogens with zero attached hydrogens (tertiary/aromatic N) is 1. The van der Waals surface area contributed by atoms with Crippen LogP contribution in [-0.2, 0) is 27.8 Å². The molecule has 1 aliphatic rings. The van der Waals surface area contributed by atoms with Gasteiger partial charge < -0.3 is 19.5 Å². The topological polar surface area (TPSA) is 94.2 Å². The summed E-state index contributed by atoms with van der Waals surface area (Å²) < 4.78 is 44.5. The van der Waals surface area contributed by atoms with Crippen LogP contribution in [0.2, 0.25) is 0 Å². The summed E-state index contributed by atoms with van der Waals surface area (Å²) in [6, 6.07) is 19.9. The lowest BCUT2D eigenvalue weighted by molar-refractivity contribution is -0.121. The summed E-state index contributed by atoms with van der Waals surface area (Å²) in [7, 11) is -2.58. The van der Waals surface area contributed by atoms with E-state index in [0.29, 0.717) is 17.9 Å². The van der Waals surface area contributed by atoms with Crippen LogP contribution >= 0.6 is 0 Å². The molecule has 0 aliphatic carbocycles. The Bertz CT molecular complexity index is 1290. The second-order valence-corrected chi connectivity index (χ2v) is 10.1. The maximum atomic E-state index is 13.7. The zero-order valence-electron chi connectivity index (χ0n) is 19.7. The molecule has 1 amide bonds. The Balaban J connectivity index is 1.52. The van der Waals surface area contributed by atoms with E-state index in [-0.39, 0.29) is 37.1 Å². The maximum absolute atomic E-state index is 13.7. The predicted molar refractivity (Wildman–Crippen MR) is 131 cm³/mol. The van der Waals surface area contributed by atoms with E-state index in [0.717, 1.165) is 16.7 Å². The van der Waals surface area contributed by atoms with Gasteiger partial charge in [0.1, 0.15) is 10.6 Å². The van der Waals surface area contributed by atoms with E-state index < -0.39 is 15.9 Å². The molecule has 3 aromatic rings. The Morgan fingerprint density at radius 2 is 1.77 bits per heavy atom. The number of methoxy groups -OCH3 is 1. The standard InChI is InChI=1S/C26H28N2O6S/c1-19-8-10-23(32-2)25(14-19)35(30,31)28(13-12-20-6-4-3-5-7-20)17-26(29)27-16-21-9-11-22-24(15-21)34-18-33-22/h3-11,14-15H,12-13,16-18H2,1-2H3,(H,27,29). The molecule has 0 atom stereocenters. The van der Waals surface area contributed by atoms with Crippen LogP contribution in [0, 0.1) is 6.92 Å². The van der Waals surface area contributed by atoms with E-state index in [9.17, 15) is 13.2 Å². The molecule has 8 nitrogen and oxygen atoms in total. The Morgan fingerprint density at radius 3 is 2.54 bits per heavy atom. The first-order chi connectivity index (χ1) is 16.9. The van der Waals surface area contributed by atoms with E-state index >= 15 is 0 Å². The fraction of sp³-hybridized carbons (Fsp3) is 0.269. The smallest absolute Gasteiger partial charge is 0.247 e. The summed E-state index contributed by atoms with van der Waals surface area (Å²) in [6.07, 6.45) is 0.462. The number of carbonyl (C=O) groups is 1. The fourth-order valence-electron chi connectivity index (χ4n) is 3.77. The number of carbonyl (C=O) groups excluding carboxylic acids is 1. The molecule has 35 heavy (non-hydrogen) atoms. The van der Waals surface area contributed by atoms with Gasteiger partial charge in [0.15, 0.2) is 11.5 Å². The van der Waals surface area contributed by atoms with Crippen molar-refractivity contribution in [2.45, 2.75) is 24.8 Å². The van der Waals surface area contributed by atoms with Crippen LogP contribution in [0.3, 0.4) is 0 Å². The van der Waals surface area contributed by atoms with Crippen molar-refractivity contribution in [3.05, 3.63) is 83.4 Å². The first-order valence-corrected chi connectivity index (χ1v) is 12.6. The average molecular weight is 497 g/mol. The van der Waals surface area contributed by atoms with Crippen LogP contribution in [0.15, 0.2) is 71.6 Å². The van der Waals surface area contributed by atoms with Gasteiger partial charge in [-0.25, -0.2) is 8.42 Å². The van der Waals surface area contributed by atoms with Crippen molar-refractivity contribution in [2.24, 2.45) is 0 Å². The molecule has 0 aromatic heterocycles. The van der Waals surface area contributed by atoms with Crippen LogP contribution in [0.5, 0.6) is 17.2 Å². The van der Waals surface area contributed by atoms with Crippen LogP contribution < -0.4 is 19.5 Å². The van der Waals surface area contributed by atoms with Crippen LogP contribution in [0.4, 0.5) is 0 Å². The molecule has 0 saturated carbocycles. The molecule has 3 aromatic carbocycles. The number of benzene rings is 3. The molecule has 4 rings (SSSR count). The number of aryl methyl sites for hydroxylation is 1. The highest BCUT2D eigenvalue weighted by atomic mass is 32.2. The summed E-state index contributed by atoms with van der Waals surface area (Å²) in [5.41, 5.74) is 2.57. The molecular weight excluding hydrogens is 468 g/mol. The minimum Gasteiger partial charge on any atom is -0.495 e. The first-order valence-electron chi connectivity index (χ1n) is 11.2. The number of hydrogen-bond acceptors (Lipinski definition) is 6. The Kier molecular flexibility index (Phi) is 7.57. The highest BCUT2D eigenvalue weighted by Crippen LogP contribution is 2.32. The van der Waals surface area contributed by atoms with Crippen molar-refractivity contribution < 1.29 is 27.4 Å². The molecular formula is C26H28N2O6S. The molecule has 1 N–H and O–H groups in total. The van der Waals surface area contributed by atoms with E-state index in [4.69, 9.17) is 14.2 Å². The van der Waals surface area contributed by atoms with Gasteiger partial charge in [-0.3, -0.25) is 4.79 Å². The van der Waals surface area contributed by atoms with Gasteiger partial charge in [-0.15, -0.1) is 0 Å². The highest BCUT2D eigenvalue weighted by molar-refractivity contribution is 7.89. The Labute approximate surface area is 205 Å². The van der Waals surface area contributed by atoms with Gasteiger partial charge in [0.25, 0.3) is 0 Å². The SMILES string of the molecule is COc1ccc(C)cc1S(=O)(=O)N(CCc1ccccc1)CC(=O)NCc1ccc2c(c1)OCO2. The molecule has 0 fully saturated rings. The van der Waals surface area contributed by atoms with Gasteiger partial charge in [0.2, 0.25) is 22.7 Å². The van der Waals surface area contributed by atoms with Crippen molar-refractivity contribution >= 4 is 15.9 Å². The normalized spacial score (nSPS) is 12.5. The molecule has 0 radical (unpaired) electrons. The van der Waals surface area contributed by atoms with Crippen LogP contribution in [0.25, 0.3) is 0 Å². The van der Waals surface area contributed by atoms with Gasteiger partial charge in [0.05, 0.1) is 13.7 Å². The molecule has 184 valence electrons. The predicted octanol–water partition coefficient (Wildman–Crippen LogP) is 3.28. The molecule has 0 unspecified atom stereocenters. The van der Waals surface area contributed by atoms with Crippen molar-refractivity contribution in [2.75, 3.05) is 27.0 Å². The van der Waals surface area contributed by atoms with E-state index in [1.807, 2.05) is 43.3 Å². The Morgan fingerprint density at radius 1 is 1.00 bits per heavy atom. The molecule has 1 heterocycles. The third-order valence-electron chi connectivity index (χ3n) is 5.68. The lowest BCUT2D eigenvalue weighted by Gasteiger charge is -2.23. The summed E-state index contributed by atoms with van der Waals surface area (Å²) in [5, 5.41) is 2.81. The molecule has 1 aliphatic heterocycles. The second-order valence-electron chi connectivity index (χ2n) is 8.19. The number of rotatable bonds is 10. The van der Waals surface area contributed by atoms with Gasteiger partial charge >= 0.3 is 0 Å². The Hall–Kier alpha value is -3.56. The largest absolute Gasteiger partial charge is 0.495 e. The van der Waals surface area contributed by atoms with Gasteiger partial charge in [0, 0.05) is 13.1 Å². The molecule has 0 saturated heterocycles. The fourth-order valence-corrected chi connectivity index (χ4v) is 5.41. The average Bonchev–Trinajstić information content (AvgIpc) is 3.34. The van der Waals surface area contributed by atoms with Crippen molar-refractivity contribution in [3.8, 4) is 17.2 Å². The number of fused-ring (bicyclic) bond motifs is 1. The zero-order chi connectivity index (χ0) is 24.8. The number of amides is 1. The zero-order valence-corrected chi connectivity index (χ0v) is 20.5. The summed E-state index contributed by atoms with van der Waals surface area (Å²) >= 11 is 0.